The van der Waals surface area contributed by atoms with Crippen molar-refractivity contribution in [3.8, 4) is 0 Å². The van der Waals surface area contributed by atoms with Crippen molar-refractivity contribution < 1.29 is 4.79 Å². The second-order valence-corrected chi connectivity index (χ2v) is 16.2. The van der Waals surface area contributed by atoms with E-state index in [0.29, 0.717) is 23.8 Å². The van der Waals surface area contributed by atoms with Crippen LogP contribution in [0.4, 0.5) is 0 Å². The van der Waals surface area contributed by atoms with Gasteiger partial charge in [0.1, 0.15) is 0 Å². The Morgan fingerprint density at radius 2 is 1.70 bits per heavy atom. The van der Waals surface area contributed by atoms with Crippen molar-refractivity contribution in [3.63, 3.8) is 0 Å². The molecule has 5 heteroatoms. The van der Waals surface area contributed by atoms with E-state index in [2.05, 4.69) is 82.4 Å². The zero-order valence-corrected chi connectivity index (χ0v) is 29.7. The van der Waals surface area contributed by atoms with Crippen LogP contribution in [0.3, 0.4) is 0 Å². The van der Waals surface area contributed by atoms with E-state index in [1.165, 1.54) is 85.8 Å². The number of amides is 1. The Bertz CT molecular complexity index is 1250. The highest BCUT2D eigenvalue weighted by atomic mass is 32.2. The molecule has 4 aliphatic rings. The highest BCUT2D eigenvalue weighted by Gasteiger charge is 2.48. The van der Waals surface area contributed by atoms with Crippen LogP contribution < -0.4 is 11.1 Å². The van der Waals surface area contributed by atoms with Gasteiger partial charge in [0.2, 0.25) is 5.91 Å². The number of nitrogens with two attached hydrogens (primary N) is 1. The van der Waals surface area contributed by atoms with Gasteiger partial charge in [0.15, 0.2) is 0 Å². The Kier molecular flexibility index (Phi) is 12.3. The molecule has 0 saturated heterocycles. The van der Waals surface area contributed by atoms with Crippen LogP contribution in [0.5, 0.6) is 0 Å². The number of pyridine rings is 1. The fraction of sp³-hybridized carbons (Fsp3) is 0.692. The summed E-state index contributed by atoms with van der Waals surface area (Å²) in [6.07, 6.45) is 19.7. The molecule has 4 nitrogen and oxygen atoms in total. The molecular formula is C39H61N3OS. The number of hydrogen-bond acceptors (Lipinski definition) is 4. The van der Waals surface area contributed by atoms with Gasteiger partial charge in [-0.1, -0.05) is 91.0 Å². The number of allylic oxidation sites excluding steroid dienone is 2. The van der Waals surface area contributed by atoms with Gasteiger partial charge in [0, 0.05) is 39.0 Å². The van der Waals surface area contributed by atoms with Gasteiger partial charge < -0.3 is 11.1 Å². The Balaban J connectivity index is 0.000000214. The molecule has 0 radical (unpaired) electrons. The molecule has 1 heterocycles. The van der Waals surface area contributed by atoms with Gasteiger partial charge in [0.05, 0.1) is 5.52 Å². The van der Waals surface area contributed by atoms with Crippen molar-refractivity contribution in [2.75, 3.05) is 6.26 Å². The Morgan fingerprint density at radius 1 is 1.02 bits per heavy atom. The van der Waals surface area contributed by atoms with Crippen LogP contribution in [-0.4, -0.2) is 23.2 Å². The maximum absolute atomic E-state index is 13.2. The van der Waals surface area contributed by atoms with Crippen LogP contribution in [0.15, 0.2) is 52.7 Å². The molecule has 1 aromatic heterocycles. The van der Waals surface area contributed by atoms with Crippen molar-refractivity contribution >= 4 is 28.6 Å². The van der Waals surface area contributed by atoms with Crippen LogP contribution in [0.1, 0.15) is 125 Å². The van der Waals surface area contributed by atoms with Gasteiger partial charge in [-0.3, -0.25) is 9.78 Å². The van der Waals surface area contributed by atoms with Crippen molar-refractivity contribution in [2.24, 2.45) is 40.2 Å². The SMILES string of the molecule is CC1CC2CC(CC(C)(C(N)=C3CCC3)C2)C1NC(=O)C1(C)CCCCC1.CCC(C)C.CSc1cccc2cccnc12. The van der Waals surface area contributed by atoms with Crippen LogP contribution in [0, 0.1) is 34.5 Å². The summed E-state index contributed by atoms with van der Waals surface area (Å²) in [4.78, 5) is 18.8. The Morgan fingerprint density at radius 3 is 2.32 bits per heavy atom. The van der Waals surface area contributed by atoms with Crippen molar-refractivity contribution in [3.05, 3.63) is 47.8 Å². The summed E-state index contributed by atoms with van der Waals surface area (Å²) in [7, 11) is 0. The second-order valence-electron chi connectivity index (χ2n) is 15.4. The molecule has 6 rings (SSSR count). The topological polar surface area (TPSA) is 68.0 Å². The van der Waals surface area contributed by atoms with Crippen LogP contribution >= 0.6 is 11.8 Å². The van der Waals surface area contributed by atoms with E-state index < -0.39 is 0 Å². The minimum Gasteiger partial charge on any atom is -0.402 e. The first-order valence-corrected chi connectivity index (χ1v) is 18.9. The predicted molar refractivity (Wildman–Crippen MR) is 190 cm³/mol. The monoisotopic (exact) mass is 619 g/mol. The third-order valence-corrected chi connectivity index (χ3v) is 12.1. The number of carbonyl (C=O) groups is 1. The summed E-state index contributed by atoms with van der Waals surface area (Å²) < 4.78 is 0. The summed E-state index contributed by atoms with van der Waals surface area (Å²) in [6.45, 7) is 13.6. The van der Waals surface area contributed by atoms with Crippen molar-refractivity contribution in [1.82, 2.24) is 10.3 Å². The maximum atomic E-state index is 13.2. The molecule has 3 N–H and O–H groups in total. The fourth-order valence-electron chi connectivity index (χ4n) is 8.14. The minimum absolute atomic E-state index is 0.139. The molecule has 2 bridgehead atoms. The van der Waals surface area contributed by atoms with Gasteiger partial charge in [0.25, 0.3) is 0 Å². The number of benzene rings is 1. The standard InChI is InChI=1S/C24H40N2O.C10H9NS.C5H12/c1-16-12-17-13-19(15-24(3,14-17)21(25)18-8-7-9-18)20(16)26-22(27)23(2)10-5-4-6-11-23;1-12-9-6-2-4-8-5-3-7-11-10(8)9;1-4-5(2)3/h16-17,19-20H,4-15,25H2,1-3H3,(H,26,27);2-7H,1H3;5H,4H2,1-3H3. The quantitative estimate of drug-likeness (QED) is 0.327. The number of fused-ring (bicyclic) bond motifs is 3. The lowest BCUT2D eigenvalue weighted by Gasteiger charge is -2.52. The van der Waals surface area contributed by atoms with E-state index in [0.717, 1.165) is 36.6 Å². The number of hydrogen-bond donors (Lipinski definition) is 2. The summed E-state index contributed by atoms with van der Waals surface area (Å²) in [6, 6.07) is 10.6. The number of carbonyl (C=O) groups excluding carboxylic acids is 1. The first kappa shape index (κ1) is 34.9. The van der Waals surface area contributed by atoms with Gasteiger partial charge in [-0.15, -0.1) is 11.8 Å². The summed E-state index contributed by atoms with van der Waals surface area (Å²) in [5.74, 6) is 3.17. The van der Waals surface area contributed by atoms with Gasteiger partial charge in [-0.05, 0) is 99.8 Å². The van der Waals surface area contributed by atoms with E-state index in [9.17, 15) is 4.79 Å². The third kappa shape index (κ3) is 8.42. The molecule has 4 aliphatic carbocycles. The highest BCUT2D eigenvalue weighted by molar-refractivity contribution is 7.98. The first-order valence-electron chi connectivity index (χ1n) is 17.7. The Hall–Kier alpha value is -2.01. The zero-order chi connectivity index (χ0) is 31.9. The molecular weight excluding hydrogens is 559 g/mol. The van der Waals surface area contributed by atoms with Gasteiger partial charge in [-0.2, -0.15) is 0 Å². The number of para-hydroxylation sites is 1. The molecule has 44 heavy (non-hydrogen) atoms. The molecule has 244 valence electrons. The number of nitrogens with zero attached hydrogens (tertiary/aromatic N) is 1. The van der Waals surface area contributed by atoms with Crippen molar-refractivity contribution in [2.45, 2.75) is 136 Å². The summed E-state index contributed by atoms with van der Waals surface area (Å²) in [5.41, 5.74) is 10.6. The molecule has 0 spiro atoms. The molecule has 5 unspecified atom stereocenters. The van der Waals surface area contributed by atoms with Crippen LogP contribution in [-0.2, 0) is 4.79 Å². The smallest absolute Gasteiger partial charge is 0.226 e. The number of thioether (sulfide) groups is 1. The summed E-state index contributed by atoms with van der Waals surface area (Å²) in [5, 5.41) is 4.78. The molecule has 4 saturated carbocycles. The zero-order valence-electron chi connectivity index (χ0n) is 28.9. The normalized spacial score (nSPS) is 29.0. The van der Waals surface area contributed by atoms with E-state index in [1.807, 2.05) is 12.3 Å². The predicted octanol–water partition coefficient (Wildman–Crippen LogP) is 10.3. The van der Waals surface area contributed by atoms with Crippen molar-refractivity contribution in [1.29, 1.82) is 0 Å². The summed E-state index contributed by atoms with van der Waals surface area (Å²) >= 11 is 1.74. The van der Waals surface area contributed by atoms with E-state index >= 15 is 0 Å². The average molecular weight is 620 g/mol. The fourth-order valence-corrected chi connectivity index (χ4v) is 8.72. The van der Waals surface area contributed by atoms with Gasteiger partial charge in [-0.25, -0.2) is 0 Å². The van der Waals surface area contributed by atoms with E-state index in [-0.39, 0.29) is 10.8 Å². The lowest BCUT2D eigenvalue weighted by molar-refractivity contribution is -0.134. The molecule has 5 atom stereocenters. The first-order chi connectivity index (χ1) is 21.0. The average Bonchev–Trinajstić information content (AvgIpc) is 2.98. The molecule has 4 fully saturated rings. The molecule has 0 aliphatic heterocycles. The minimum atomic E-state index is -0.139. The number of rotatable bonds is 5. The second kappa shape index (κ2) is 15.5. The van der Waals surface area contributed by atoms with Crippen LogP contribution in [0.2, 0.25) is 0 Å². The molecule has 1 amide bonds. The molecule has 2 aromatic rings. The lowest BCUT2D eigenvalue weighted by atomic mass is 9.56. The lowest BCUT2D eigenvalue weighted by Crippen LogP contribution is -2.55. The maximum Gasteiger partial charge on any atom is 0.226 e. The van der Waals surface area contributed by atoms with Gasteiger partial charge >= 0.3 is 0 Å². The number of aromatic nitrogens is 1. The number of nitrogens with one attached hydrogen (secondary N) is 1. The van der Waals surface area contributed by atoms with E-state index in [4.69, 9.17) is 5.73 Å². The van der Waals surface area contributed by atoms with Crippen LogP contribution in [0.25, 0.3) is 10.9 Å². The Labute approximate surface area is 273 Å². The largest absolute Gasteiger partial charge is 0.402 e. The molecule has 1 aromatic carbocycles. The third-order valence-electron chi connectivity index (χ3n) is 11.3. The highest BCUT2D eigenvalue weighted by Crippen LogP contribution is 2.54. The van der Waals surface area contributed by atoms with E-state index in [1.54, 1.807) is 11.8 Å².